The number of ketones is 1. The van der Waals surface area contributed by atoms with Gasteiger partial charge in [0.15, 0.2) is 5.78 Å². The average Bonchev–Trinajstić information content (AvgIpc) is 2.41. The van der Waals surface area contributed by atoms with E-state index < -0.39 is 54.5 Å². The van der Waals surface area contributed by atoms with Gasteiger partial charge in [-0.2, -0.15) is 0 Å². The molecule has 0 aromatic carbocycles. The van der Waals surface area contributed by atoms with Gasteiger partial charge in [0, 0.05) is 0 Å². The lowest BCUT2D eigenvalue weighted by Crippen LogP contribution is -2.53. The number of nitrogens with one attached hydrogen (secondary N) is 2. The Morgan fingerprint density at radius 2 is 1.64 bits per heavy atom. The van der Waals surface area contributed by atoms with Crippen LogP contribution in [0.1, 0.15) is 47.5 Å². The van der Waals surface area contributed by atoms with E-state index in [2.05, 4.69) is 10.6 Å². The number of amides is 2. The number of aliphatic carboxylic acids is 1. The van der Waals surface area contributed by atoms with Crippen molar-refractivity contribution in [3.8, 4) is 0 Å². The van der Waals surface area contributed by atoms with Crippen molar-refractivity contribution in [2.45, 2.75) is 65.1 Å². The normalized spacial score (nSPS) is 13.7. The van der Waals surface area contributed by atoms with Crippen LogP contribution in [0.3, 0.4) is 0 Å². The number of rotatable bonds is 9. The maximum absolute atomic E-state index is 12.6. The van der Waals surface area contributed by atoms with Crippen molar-refractivity contribution in [2.24, 2.45) is 5.92 Å². The van der Waals surface area contributed by atoms with Crippen LogP contribution < -0.4 is 10.6 Å². The van der Waals surface area contributed by atoms with Gasteiger partial charge in [0.1, 0.15) is 24.4 Å². The van der Waals surface area contributed by atoms with Crippen LogP contribution in [0.25, 0.3) is 0 Å². The summed E-state index contributed by atoms with van der Waals surface area (Å²) >= 11 is 0. The van der Waals surface area contributed by atoms with Gasteiger partial charge in [-0.15, -0.1) is 0 Å². The molecule has 3 N–H and O–H groups in total. The Morgan fingerprint density at radius 1 is 1.08 bits per heavy atom. The second-order valence-electron chi connectivity index (χ2n) is 7.09. The fraction of sp³-hybridized carbons (Fsp3) is 0.750. The Balaban J connectivity index is 5.10. The number of Topliss-reactive ketones (excluding diaryl/α,β-unsaturated/α-hetero) is 1. The number of carbonyl (C=O) groups excluding carboxylic acids is 3. The van der Waals surface area contributed by atoms with Crippen molar-refractivity contribution < 1.29 is 33.4 Å². The number of alkyl halides is 1. The van der Waals surface area contributed by atoms with Gasteiger partial charge < -0.3 is 20.5 Å². The van der Waals surface area contributed by atoms with Crippen molar-refractivity contribution in [1.82, 2.24) is 10.6 Å². The van der Waals surface area contributed by atoms with Crippen LogP contribution in [0.2, 0.25) is 0 Å². The van der Waals surface area contributed by atoms with Crippen LogP contribution in [0.4, 0.5) is 9.18 Å². The summed E-state index contributed by atoms with van der Waals surface area (Å²) in [4.78, 5) is 46.5. The van der Waals surface area contributed by atoms with Crippen molar-refractivity contribution >= 4 is 23.8 Å². The van der Waals surface area contributed by atoms with Crippen LogP contribution in [-0.2, 0) is 19.1 Å². The smallest absolute Gasteiger partial charge is 0.408 e. The molecule has 2 unspecified atom stereocenters. The first-order chi connectivity index (χ1) is 11.4. The molecular formula is C16H27FN2O6. The number of carbonyl (C=O) groups is 4. The highest BCUT2D eigenvalue weighted by atomic mass is 19.1. The van der Waals surface area contributed by atoms with Crippen molar-refractivity contribution in [3.05, 3.63) is 0 Å². The van der Waals surface area contributed by atoms with E-state index in [0.717, 1.165) is 0 Å². The minimum Gasteiger partial charge on any atom is -0.481 e. The van der Waals surface area contributed by atoms with E-state index in [1.807, 2.05) is 13.8 Å². The highest BCUT2D eigenvalue weighted by Gasteiger charge is 2.29. The SMILES string of the molecule is CC(C)CC(NC(=O)OC(C)(C)C)C(=O)NC(CC(=O)O)C(=O)CF. The Hall–Kier alpha value is -2.19. The third-order valence-corrected chi connectivity index (χ3v) is 2.93. The molecule has 0 aliphatic rings. The minimum absolute atomic E-state index is 0.0143. The van der Waals surface area contributed by atoms with Crippen LogP contribution in [0.15, 0.2) is 0 Å². The number of hydrogen-bond donors (Lipinski definition) is 3. The van der Waals surface area contributed by atoms with E-state index in [9.17, 15) is 23.6 Å². The van der Waals surface area contributed by atoms with E-state index in [0.29, 0.717) is 0 Å². The Bertz CT molecular complexity index is 501. The van der Waals surface area contributed by atoms with Gasteiger partial charge in [-0.05, 0) is 33.1 Å². The summed E-state index contributed by atoms with van der Waals surface area (Å²) in [7, 11) is 0. The molecule has 0 spiro atoms. The lowest BCUT2D eigenvalue weighted by atomic mass is 10.0. The Labute approximate surface area is 146 Å². The molecule has 0 aliphatic carbocycles. The number of ether oxygens (including phenoxy) is 1. The second kappa shape index (κ2) is 9.95. The molecule has 0 aromatic heterocycles. The monoisotopic (exact) mass is 362 g/mol. The fourth-order valence-corrected chi connectivity index (χ4v) is 1.94. The number of hydrogen-bond acceptors (Lipinski definition) is 5. The van der Waals surface area contributed by atoms with Crippen molar-refractivity contribution in [3.63, 3.8) is 0 Å². The summed E-state index contributed by atoms with van der Waals surface area (Å²) in [6, 6.07) is -2.54. The summed E-state index contributed by atoms with van der Waals surface area (Å²) in [6.45, 7) is 7.22. The van der Waals surface area contributed by atoms with E-state index in [1.165, 1.54) is 0 Å². The zero-order chi connectivity index (χ0) is 19.8. The van der Waals surface area contributed by atoms with E-state index in [-0.39, 0.29) is 12.3 Å². The highest BCUT2D eigenvalue weighted by Crippen LogP contribution is 2.10. The lowest BCUT2D eigenvalue weighted by Gasteiger charge is -2.25. The van der Waals surface area contributed by atoms with Crippen LogP contribution in [0.5, 0.6) is 0 Å². The summed E-state index contributed by atoms with van der Waals surface area (Å²) in [6.07, 6.45) is -1.33. The first-order valence-corrected chi connectivity index (χ1v) is 7.96. The summed E-state index contributed by atoms with van der Waals surface area (Å²) in [5, 5.41) is 13.4. The van der Waals surface area contributed by atoms with E-state index >= 15 is 0 Å². The van der Waals surface area contributed by atoms with Gasteiger partial charge in [-0.3, -0.25) is 14.4 Å². The minimum atomic E-state index is -1.50. The van der Waals surface area contributed by atoms with E-state index in [4.69, 9.17) is 9.84 Å². The van der Waals surface area contributed by atoms with Crippen molar-refractivity contribution in [1.29, 1.82) is 0 Å². The Morgan fingerprint density at radius 3 is 2.04 bits per heavy atom. The molecule has 2 amide bonds. The quantitative estimate of drug-likeness (QED) is 0.570. The van der Waals surface area contributed by atoms with Gasteiger partial charge in [0.05, 0.1) is 6.42 Å². The van der Waals surface area contributed by atoms with Crippen LogP contribution in [0, 0.1) is 5.92 Å². The zero-order valence-corrected chi connectivity index (χ0v) is 15.2. The Kier molecular flexibility index (Phi) is 9.08. The average molecular weight is 362 g/mol. The first kappa shape index (κ1) is 22.8. The molecule has 0 rings (SSSR count). The third-order valence-electron chi connectivity index (χ3n) is 2.93. The molecule has 25 heavy (non-hydrogen) atoms. The predicted molar refractivity (Wildman–Crippen MR) is 87.8 cm³/mol. The molecule has 0 saturated heterocycles. The predicted octanol–water partition coefficient (Wildman–Crippen LogP) is 1.42. The van der Waals surface area contributed by atoms with Gasteiger partial charge in [-0.1, -0.05) is 13.8 Å². The van der Waals surface area contributed by atoms with Gasteiger partial charge in [0.2, 0.25) is 5.91 Å². The second-order valence-corrected chi connectivity index (χ2v) is 7.09. The number of carboxylic acid groups (broad SMARTS) is 1. The lowest BCUT2D eigenvalue weighted by molar-refractivity contribution is -0.140. The summed E-state index contributed by atoms with van der Waals surface area (Å²) < 4.78 is 17.6. The summed E-state index contributed by atoms with van der Waals surface area (Å²) in [5.41, 5.74) is -0.765. The van der Waals surface area contributed by atoms with Crippen LogP contribution >= 0.6 is 0 Å². The molecule has 0 bridgehead atoms. The van der Waals surface area contributed by atoms with Gasteiger partial charge in [-0.25, -0.2) is 9.18 Å². The largest absolute Gasteiger partial charge is 0.481 e. The fourth-order valence-electron chi connectivity index (χ4n) is 1.94. The number of halogens is 1. The number of carboxylic acids is 1. The molecule has 0 aliphatic heterocycles. The standard InChI is InChI=1S/C16H27FN2O6/c1-9(2)6-11(19-15(24)25-16(3,4)5)14(23)18-10(7-13(21)22)12(20)8-17/h9-11H,6-8H2,1-5H3,(H,18,23)(H,19,24)(H,21,22). The van der Waals surface area contributed by atoms with E-state index in [1.54, 1.807) is 20.8 Å². The highest BCUT2D eigenvalue weighted by molar-refractivity contribution is 5.94. The van der Waals surface area contributed by atoms with Crippen LogP contribution in [-0.4, -0.2) is 53.2 Å². The molecule has 0 heterocycles. The molecule has 8 nitrogen and oxygen atoms in total. The maximum atomic E-state index is 12.6. The summed E-state index contributed by atoms with van der Waals surface area (Å²) in [5.74, 6) is -3.16. The van der Waals surface area contributed by atoms with Gasteiger partial charge in [0.25, 0.3) is 0 Å². The molecule has 9 heteroatoms. The van der Waals surface area contributed by atoms with Gasteiger partial charge >= 0.3 is 12.1 Å². The van der Waals surface area contributed by atoms with Crippen molar-refractivity contribution in [2.75, 3.05) is 6.67 Å². The molecule has 2 atom stereocenters. The third kappa shape index (κ3) is 10.3. The zero-order valence-electron chi connectivity index (χ0n) is 15.2. The molecule has 0 aromatic rings. The molecule has 0 fully saturated rings. The molecule has 0 saturated carbocycles. The molecular weight excluding hydrogens is 335 g/mol. The maximum Gasteiger partial charge on any atom is 0.408 e. The molecule has 0 radical (unpaired) electrons. The topological polar surface area (TPSA) is 122 Å². The first-order valence-electron chi connectivity index (χ1n) is 7.96. The molecule has 144 valence electrons. The number of alkyl carbamates (subject to hydrolysis) is 1.